The zero-order valence-electron chi connectivity index (χ0n) is 6.37. The van der Waals surface area contributed by atoms with Crippen molar-refractivity contribution in [2.75, 3.05) is 13.7 Å². The fourth-order valence-electron chi connectivity index (χ4n) is 0.541. The molecular weight excluding hydrogens is 132 g/mol. The molecule has 0 aromatic heterocycles. The van der Waals surface area contributed by atoms with Crippen LogP contribution in [-0.2, 0) is 4.74 Å². The monoisotopic (exact) mass is 146 g/mol. The Morgan fingerprint density at radius 2 is 2.40 bits per heavy atom. The second kappa shape index (κ2) is 5.05. The molecule has 0 saturated carbocycles. The fourth-order valence-corrected chi connectivity index (χ4v) is 0.541. The molecule has 1 unspecified atom stereocenters. The maximum atomic E-state index is 8.23. The lowest BCUT2D eigenvalue weighted by molar-refractivity contribution is 0.187. The Morgan fingerprint density at radius 1 is 1.80 bits per heavy atom. The molecule has 0 heterocycles. The lowest BCUT2D eigenvalue weighted by Crippen LogP contribution is -2.22. The van der Waals surface area contributed by atoms with Crippen LogP contribution in [-0.4, -0.2) is 24.8 Å². The minimum Gasteiger partial charge on any atom is -0.409 e. The maximum absolute atomic E-state index is 8.23. The van der Waals surface area contributed by atoms with Gasteiger partial charge in [-0.15, -0.1) is 0 Å². The van der Waals surface area contributed by atoms with Gasteiger partial charge in [-0.2, -0.15) is 0 Å². The quantitative estimate of drug-likeness (QED) is 0.261. The number of ether oxygens (including phenoxy) is 1. The maximum Gasteiger partial charge on any atom is 0.142 e. The second-order valence-corrected chi connectivity index (χ2v) is 2.21. The van der Waals surface area contributed by atoms with E-state index in [9.17, 15) is 0 Å². The van der Waals surface area contributed by atoms with E-state index in [0.29, 0.717) is 6.61 Å². The van der Waals surface area contributed by atoms with Gasteiger partial charge in [0, 0.05) is 19.6 Å². The predicted molar refractivity (Wildman–Crippen MR) is 39.1 cm³/mol. The molecule has 0 aliphatic rings. The van der Waals surface area contributed by atoms with Gasteiger partial charge in [-0.25, -0.2) is 0 Å². The molecule has 0 bridgehead atoms. The van der Waals surface area contributed by atoms with Gasteiger partial charge in [0.1, 0.15) is 5.84 Å². The lowest BCUT2D eigenvalue weighted by Gasteiger charge is -2.06. The first-order valence-corrected chi connectivity index (χ1v) is 3.18. The van der Waals surface area contributed by atoms with Crippen molar-refractivity contribution in [3.8, 4) is 0 Å². The molecule has 0 spiro atoms. The Bertz CT molecular complexity index is 114. The highest BCUT2D eigenvalue weighted by atomic mass is 16.5. The molecule has 0 saturated heterocycles. The van der Waals surface area contributed by atoms with Gasteiger partial charge in [0.25, 0.3) is 0 Å². The standard InChI is InChI=1S/C6H14N2O2/c1-5(3-4-10-2)6(7)8-9/h5,9H,3-4H2,1-2H3,(H2,7,8). The third-order valence-electron chi connectivity index (χ3n) is 1.38. The highest BCUT2D eigenvalue weighted by Gasteiger charge is 2.05. The van der Waals surface area contributed by atoms with Crippen LogP contribution in [0.2, 0.25) is 0 Å². The number of methoxy groups -OCH3 is 1. The molecule has 4 nitrogen and oxygen atoms in total. The third-order valence-corrected chi connectivity index (χ3v) is 1.38. The first kappa shape index (κ1) is 9.23. The zero-order valence-corrected chi connectivity index (χ0v) is 6.37. The average Bonchev–Trinajstić information content (AvgIpc) is 1.98. The number of nitrogens with two attached hydrogens (primary N) is 1. The number of amidine groups is 1. The summed E-state index contributed by atoms with van der Waals surface area (Å²) in [6.07, 6.45) is 0.784. The molecule has 3 N–H and O–H groups in total. The summed E-state index contributed by atoms with van der Waals surface area (Å²) in [5.74, 6) is 0.349. The SMILES string of the molecule is COCCC(C)C(N)=NO. The molecule has 0 aliphatic heterocycles. The molecule has 4 heteroatoms. The van der Waals surface area contributed by atoms with Crippen LogP contribution < -0.4 is 5.73 Å². The summed E-state index contributed by atoms with van der Waals surface area (Å²) < 4.78 is 4.81. The van der Waals surface area contributed by atoms with Crippen molar-refractivity contribution in [1.29, 1.82) is 0 Å². The molecule has 10 heavy (non-hydrogen) atoms. The van der Waals surface area contributed by atoms with Gasteiger partial charge in [-0.1, -0.05) is 12.1 Å². The van der Waals surface area contributed by atoms with Crippen LogP contribution in [0.1, 0.15) is 13.3 Å². The lowest BCUT2D eigenvalue weighted by atomic mass is 10.1. The molecule has 0 amide bonds. The number of nitrogens with zero attached hydrogens (tertiary/aromatic N) is 1. The van der Waals surface area contributed by atoms with Crippen molar-refractivity contribution in [3.05, 3.63) is 0 Å². The Morgan fingerprint density at radius 3 is 2.80 bits per heavy atom. The van der Waals surface area contributed by atoms with E-state index >= 15 is 0 Å². The summed E-state index contributed by atoms with van der Waals surface area (Å²) in [5.41, 5.74) is 5.30. The molecular formula is C6H14N2O2. The predicted octanol–water partition coefficient (Wildman–Crippen LogP) is 0.405. The van der Waals surface area contributed by atoms with Crippen molar-refractivity contribution >= 4 is 5.84 Å². The highest BCUT2D eigenvalue weighted by Crippen LogP contribution is 2.00. The van der Waals surface area contributed by atoms with Crippen molar-refractivity contribution in [2.45, 2.75) is 13.3 Å². The summed E-state index contributed by atoms with van der Waals surface area (Å²) in [6, 6.07) is 0. The molecule has 60 valence electrons. The first-order chi connectivity index (χ1) is 4.72. The number of hydrogen-bond donors (Lipinski definition) is 2. The van der Waals surface area contributed by atoms with E-state index in [4.69, 9.17) is 15.7 Å². The highest BCUT2D eigenvalue weighted by molar-refractivity contribution is 5.81. The summed E-state index contributed by atoms with van der Waals surface area (Å²) in [5, 5.41) is 11.1. The van der Waals surface area contributed by atoms with Gasteiger partial charge >= 0.3 is 0 Å². The van der Waals surface area contributed by atoms with Crippen molar-refractivity contribution in [3.63, 3.8) is 0 Å². The first-order valence-electron chi connectivity index (χ1n) is 3.18. The number of hydrogen-bond acceptors (Lipinski definition) is 3. The van der Waals surface area contributed by atoms with Crippen molar-refractivity contribution in [1.82, 2.24) is 0 Å². The summed E-state index contributed by atoms with van der Waals surface area (Å²) in [4.78, 5) is 0. The van der Waals surface area contributed by atoms with Crippen LogP contribution in [0.25, 0.3) is 0 Å². The Balaban J connectivity index is 3.51. The van der Waals surface area contributed by atoms with Crippen LogP contribution in [0.4, 0.5) is 0 Å². The van der Waals surface area contributed by atoms with Gasteiger partial charge in [0.15, 0.2) is 0 Å². The van der Waals surface area contributed by atoms with Crippen LogP contribution in [0, 0.1) is 5.92 Å². The van der Waals surface area contributed by atoms with Crippen molar-refractivity contribution in [2.24, 2.45) is 16.8 Å². The van der Waals surface area contributed by atoms with Crippen LogP contribution in [0.3, 0.4) is 0 Å². The van der Waals surface area contributed by atoms with Gasteiger partial charge in [-0.3, -0.25) is 0 Å². The minimum absolute atomic E-state index is 0.0879. The molecule has 0 fully saturated rings. The Labute approximate surface area is 60.7 Å². The fraction of sp³-hybridized carbons (Fsp3) is 0.833. The summed E-state index contributed by atoms with van der Waals surface area (Å²) >= 11 is 0. The van der Waals surface area contributed by atoms with Gasteiger partial charge < -0.3 is 15.7 Å². The van der Waals surface area contributed by atoms with E-state index in [1.165, 1.54) is 0 Å². The average molecular weight is 146 g/mol. The zero-order chi connectivity index (χ0) is 7.98. The van der Waals surface area contributed by atoms with Gasteiger partial charge in [0.2, 0.25) is 0 Å². The Kier molecular flexibility index (Phi) is 4.66. The molecule has 0 aromatic rings. The summed E-state index contributed by atoms with van der Waals surface area (Å²) in [7, 11) is 1.62. The second-order valence-electron chi connectivity index (χ2n) is 2.21. The van der Waals surface area contributed by atoms with E-state index < -0.39 is 0 Å². The summed E-state index contributed by atoms with van der Waals surface area (Å²) in [6.45, 7) is 2.52. The van der Waals surface area contributed by atoms with E-state index in [-0.39, 0.29) is 11.8 Å². The molecule has 0 aromatic carbocycles. The smallest absolute Gasteiger partial charge is 0.142 e. The Hall–Kier alpha value is -0.770. The minimum atomic E-state index is 0.0879. The van der Waals surface area contributed by atoms with Crippen LogP contribution in [0.5, 0.6) is 0 Å². The van der Waals surface area contributed by atoms with E-state index in [2.05, 4.69) is 5.16 Å². The molecule has 0 radical (unpaired) electrons. The molecule has 0 rings (SSSR count). The number of oxime groups is 1. The van der Waals surface area contributed by atoms with Crippen LogP contribution >= 0.6 is 0 Å². The van der Waals surface area contributed by atoms with Gasteiger partial charge in [0.05, 0.1) is 0 Å². The third kappa shape index (κ3) is 3.29. The number of rotatable bonds is 4. The molecule has 1 atom stereocenters. The largest absolute Gasteiger partial charge is 0.409 e. The van der Waals surface area contributed by atoms with Crippen molar-refractivity contribution < 1.29 is 9.94 Å². The topological polar surface area (TPSA) is 67.8 Å². The van der Waals surface area contributed by atoms with Gasteiger partial charge in [-0.05, 0) is 6.42 Å². The van der Waals surface area contributed by atoms with E-state index in [1.54, 1.807) is 7.11 Å². The molecule has 0 aliphatic carbocycles. The van der Waals surface area contributed by atoms with E-state index in [0.717, 1.165) is 6.42 Å². The normalized spacial score (nSPS) is 15.2. The van der Waals surface area contributed by atoms with Crippen LogP contribution in [0.15, 0.2) is 5.16 Å². The van der Waals surface area contributed by atoms with E-state index in [1.807, 2.05) is 6.92 Å².